The molecule has 3 aliphatic rings. The molecule has 2 amide bonds. The zero-order valence-electron chi connectivity index (χ0n) is 19.7. The molecule has 2 N–H and O–H groups in total. The Kier molecular flexibility index (Phi) is 6.85. The van der Waals surface area contributed by atoms with E-state index in [-0.39, 0.29) is 23.9 Å². The Morgan fingerprint density at radius 2 is 1.79 bits per heavy atom. The van der Waals surface area contributed by atoms with E-state index < -0.39 is 6.10 Å². The van der Waals surface area contributed by atoms with Crippen LogP contribution in [0.5, 0.6) is 0 Å². The average Bonchev–Trinajstić information content (AvgIpc) is 3.32. The number of hydrogen-bond acceptors (Lipinski definition) is 7. The first-order chi connectivity index (χ1) is 16.5. The number of carbonyl (C=O) groups is 2. The molecule has 0 unspecified atom stereocenters. The van der Waals surface area contributed by atoms with Crippen LogP contribution in [0.4, 0.5) is 5.82 Å². The van der Waals surface area contributed by atoms with Crippen LogP contribution >= 0.6 is 11.3 Å². The van der Waals surface area contributed by atoms with Gasteiger partial charge < -0.3 is 20.2 Å². The molecule has 9 heteroatoms. The summed E-state index contributed by atoms with van der Waals surface area (Å²) in [5.74, 6) is 0.735. The second-order valence-corrected chi connectivity index (χ2v) is 10.5. The van der Waals surface area contributed by atoms with E-state index in [4.69, 9.17) is 0 Å². The van der Waals surface area contributed by atoms with Gasteiger partial charge in [0.2, 0.25) is 5.91 Å². The second kappa shape index (κ2) is 10.0. The van der Waals surface area contributed by atoms with Gasteiger partial charge in [0.15, 0.2) is 5.01 Å². The van der Waals surface area contributed by atoms with Crippen molar-refractivity contribution in [3.63, 3.8) is 0 Å². The Labute approximate surface area is 204 Å². The number of nitrogens with zero attached hydrogens (tertiary/aromatic N) is 4. The maximum Gasteiger partial charge on any atom is 0.283 e. The predicted molar refractivity (Wildman–Crippen MR) is 132 cm³/mol. The molecule has 182 valence electrons. The number of rotatable bonds is 4. The van der Waals surface area contributed by atoms with Crippen molar-refractivity contribution >= 4 is 29.0 Å². The minimum atomic E-state index is -0.563. The highest BCUT2D eigenvalue weighted by molar-refractivity contribution is 7.12. The highest BCUT2D eigenvalue weighted by Gasteiger charge is 2.36. The van der Waals surface area contributed by atoms with Crippen LogP contribution in [0.15, 0.2) is 29.6 Å². The van der Waals surface area contributed by atoms with E-state index in [1.807, 2.05) is 10.3 Å². The normalized spacial score (nSPS) is 24.1. The van der Waals surface area contributed by atoms with Gasteiger partial charge in [-0.25, -0.2) is 4.98 Å². The first kappa shape index (κ1) is 23.3. The molecule has 2 atom stereocenters. The number of nitrogens with one attached hydrogen (secondary N) is 1. The summed E-state index contributed by atoms with van der Waals surface area (Å²) in [5, 5.41) is 16.7. The molecule has 1 aromatic heterocycles. The molecule has 2 fully saturated rings. The van der Waals surface area contributed by atoms with Crippen LogP contribution in [0, 0.1) is 0 Å². The highest BCUT2D eigenvalue weighted by Crippen LogP contribution is 2.27. The molecule has 0 spiro atoms. The van der Waals surface area contributed by atoms with Gasteiger partial charge in [-0.2, -0.15) is 0 Å². The molecule has 3 aliphatic heterocycles. The Morgan fingerprint density at radius 3 is 2.53 bits per heavy atom. The van der Waals surface area contributed by atoms with Crippen molar-refractivity contribution < 1.29 is 14.7 Å². The number of aliphatic hydroxyl groups excluding tert-OH is 1. The zero-order chi connectivity index (χ0) is 23.7. The van der Waals surface area contributed by atoms with Crippen LogP contribution in [-0.4, -0.2) is 87.5 Å². The lowest BCUT2D eigenvalue weighted by Crippen LogP contribution is -2.56. The average molecular weight is 484 g/mol. The van der Waals surface area contributed by atoms with Crippen LogP contribution in [0.3, 0.4) is 0 Å². The number of benzene rings is 1. The first-order valence-electron chi connectivity index (χ1n) is 12.2. The Balaban J connectivity index is 1.14. The summed E-state index contributed by atoms with van der Waals surface area (Å²) in [7, 11) is 0. The molecule has 2 aromatic rings. The number of thiazole rings is 1. The summed E-state index contributed by atoms with van der Waals surface area (Å²) in [5.41, 5.74) is 2.74. The van der Waals surface area contributed by atoms with E-state index in [0.717, 1.165) is 57.7 Å². The minimum absolute atomic E-state index is 0.0757. The summed E-state index contributed by atoms with van der Waals surface area (Å²) in [4.78, 5) is 35.1. The molecule has 8 nitrogen and oxygen atoms in total. The topological polar surface area (TPSA) is 89.0 Å². The van der Waals surface area contributed by atoms with Crippen LogP contribution in [0.25, 0.3) is 0 Å². The second-order valence-electron chi connectivity index (χ2n) is 9.63. The Morgan fingerprint density at radius 1 is 1.06 bits per heavy atom. The van der Waals surface area contributed by atoms with Crippen molar-refractivity contribution in [2.24, 2.45) is 0 Å². The molecule has 2 saturated heterocycles. The van der Waals surface area contributed by atoms with Gasteiger partial charge in [-0.3, -0.25) is 14.5 Å². The van der Waals surface area contributed by atoms with Crippen LogP contribution in [0.2, 0.25) is 0 Å². The van der Waals surface area contributed by atoms with Crippen LogP contribution < -0.4 is 5.32 Å². The number of aliphatic hydroxyl groups is 1. The lowest BCUT2D eigenvalue weighted by molar-refractivity contribution is -0.129. The van der Waals surface area contributed by atoms with Crippen molar-refractivity contribution in [1.82, 2.24) is 19.7 Å². The van der Waals surface area contributed by atoms with Gasteiger partial charge >= 0.3 is 0 Å². The van der Waals surface area contributed by atoms with E-state index in [0.29, 0.717) is 18.1 Å². The molecule has 0 radical (unpaired) electrons. The van der Waals surface area contributed by atoms with Gasteiger partial charge in [-0.15, -0.1) is 11.3 Å². The molecular formula is C25H33N5O3S. The maximum atomic E-state index is 13.1. The van der Waals surface area contributed by atoms with Crippen molar-refractivity contribution in [3.8, 4) is 0 Å². The van der Waals surface area contributed by atoms with Gasteiger partial charge in [-0.05, 0) is 36.8 Å². The summed E-state index contributed by atoms with van der Waals surface area (Å²) in [6.45, 7) is 5.88. The minimum Gasteiger partial charge on any atom is -0.390 e. The molecule has 1 aromatic carbocycles. The monoisotopic (exact) mass is 483 g/mol. The summed E-state index contributed by atoms with van der Waals surface area (Å²) in [6, 6.07) is 8.86. The number of hydrogen-bond donors (Lipinski definition) is 2. The number of aromatic nitrogens is 1. The largest absolute Gasteiger partial charge is 0.390 e. The van der Waals surface area contributed by atoms with E-state index in [1.165, 1.54) is 22.5 Å². The molecule has 4 heterocycles. The maximum absolute atomic E-state index is 13.1. The summed E-state index contributed by atoms with van der Waals surface area (Å²) < 4.78 is 0. The Bertz CT molecular complexity index is 1040. The number of β-amino-alcohol motifs (C(OH)–C–C–N with tert-alkyl or cyclic N) is 1. The smallest absolute Gasteiger partial charge is 0.283 e. The van der Waals surface area contributed by atoms with Crippen molar-refractivity contribution in [2.45, 2.75) is 57.3 Å². The lowest BCUT2D eigenvalue weighted by atomic mass is 9.94. The van der Waals surface area contributed by atoms with Gasteiger partial charge in [0.05, 0.1) is 6.10 Å². The third-order valence-corrected chi connectivity index (χ3v) is 8.27. The highest BCUT2D eigenvalue weighted by atomic mass is 32.1. The van der Waals surface area contributed by atoms with Crippen molar-refractivity contribution in [1.29, 1.82) is 0 Å². The van der Waals surface area contributed by atoms with Crippen LogP contribution in [-0.2, 0) is 17.8 Å². The third kappa shape index (κ3) is 4.96. The SMILES string of the molecule is CC(=O)N1CCC(Nc2csc(C(=O)N3CC[C@@H](N4CCc5ccccc5C4)[C@H](O)C3)n2)CC1. The van der Waals surface area contributed by atoms with E-state index >= 15 is 0 Å². The molecule has 0 bridgehead atoms. The number of amides is 2. The van der Waals surface area contributed by atoms with Gasteiger partial charge in [0.25, 0.3) is 5.91 Å². The lowest BCUT2D eigenvalue weighted by Gasteiger charge is -2.43. The molecular weight excluding hydrogens is 450 g/mol. The molecule has 5 rings (SSSR count). The summed E-state index contributed by atoms with van der Waals surface area (Å²) in [6.07, 6.45) is 2.96. The van der Waals surface area contributed by atoms with Crippen LogP contribution in [0.1, 0.15) is 47.1 Å². The zero-order valence-corrected chi connectivity index (χ0v) is 20.5. The molecule has 34 heavy (non-hydrogen) atoms. The predicted octanol–water partition coefficient (Wildman–Crippen LogP) is 2.20. The fourth-order valence-corrected chi connectivity index (χ4v) is 6.18. The molecule has 0 saturated carbocycles. The van der Waals surface area contributed by atoms with Crippen molar-refractivity contribution in [2.75, 3.05) is 38.0 Å². The van der Waals surface area contributed by atoms with E-state index in [1.54, 1.807) is 11.8 Å². The number of likely N-dealkylation sites (tertiary alicyclic amines) is 2. The summed E-state index contributed by atoms with van der Waals surface area (Å²) >= 11 is 1.35. The van der Waals surface area contributed by atoms with Crippen molar-refractivity contribution in [3.05, 3.63) is 45.8 Å². The van der Waals surface area contributed by atoms with Gasteiger partial charge in [0.1, 0.15) is 5.82 Å². The van der Waals surface area contributed by atoms with Gasteiger partial charge in [0, 0.05) is 63.7 Å². The number of fused-ring (bicyclic) bond motifs is 1. The van der Waals surface area contributed by atoms with E-state index in [9.17, 15) is 14.7 Å². The fourth-order valence-electron chi connectivity index (χ4n) is 5.45. The third-order valence-electron chi connectivity index (χ3n) is 7.44. The standard InChI is InChI=1S/C25H33N5O3S/c1-17(31)28-11-7-20(8-12-28)26-23-16-34-24(27-23)25(33)30-13-9-21(22(32)15-30)29-10-6-18-4-2-3-5-19(18)14-29/h2-5,16,20-22,26,32H,6-15H2,1H3/t21-,22-/m1/s1. The number of anilines is 1. The Hall–Kier alpha value is -2.49. The number of piperidine rings is 2. The quantitative estimate of drug-likeness (QED) is 0.693. The molecule has 0 aliphatic carbocycles. The van der Waals surface area contributed by atoms with Gasteiger partial charge in [-0.1, -0.05) is 24.3 Å². The first-order valence-corrected chi connectivity index (χ1v) is 13.1. The van der Waals surface area contributed by atoms with E-state index in [2.05, 4.69) is 39.5 Å². The number of carbonyl (C=O) groups excluding carboxylic acids is 2. The fraction of sp³-hybridized carbons (Fsp3) is 0.560.